The van der Waals surface area contributed by atoms with Crippen LogP contribution in [-0.2, 0) is 36.2 Å². The maximum absolute atomic E-state index is 9.71. The number of nitrogens with two attached hydrogens (primary N) is 2. The van der Waals surface area contributed by atoms with Gasteiger partial charge < -0.3 is 51.2 Å². The maximum Gasteiger partial charge on any atom is 3.00 e. The number of hydrazine groups is 2. The molecule has 15 nitrogen and oxygen atoms in total. The number of quaternary nitrogens is 1. The molecular weight excluding hydrogens is 430 g/mol. The van der Waals surface area contributed by atoms with E-state index < -0.39 is 29.9 Å². The van der Waals surface area contributed by atoms with Crippen LogP contribution in [0.15, 0.2) is 0 Å². The second-order valence-electron chi connectivity index (χ2n) is 3.29. The minimum Gasteiger partial charge on any atom is -0.550 e. The predicted molar refractivity (Wildman–Crippen MR) is 88.3 cm³/mol. The number of hydrogen-bond acceptors (Lipinski definition) is 11. The van der Waals surface area contributed by atoms with Crippen molar-refractivity contribution in [3.63, 3.8) is 0 Å². The summed E-state index contributed by atoms with van der Waals surface area (Å²) in [6.07, 6.45) is 1.25. The number of urea groups is 1. The van der Waals surface area contributed by atoms with Crippen molar-refractivity contribution in [3.8, 4) is 0 Å². The first-order valence-electron chi connectivity index (χ1n) is 6.33. The first-order chi connectivity index (χ1) is 11.2. The molecule has 2 amide bonds. The van der Waals surface area contributed by atoms with Crippen LogP contribution in [-0.4, -0.2) is 35.4 Å². The molecule has 1 radical (unpaired) electrons. The maximum atomic E-state index is 9.71. The van der Waals surface area contributed by atoms with Gasteiger partial charge in [0.15, 0.2) is 0 Å². The fourth-order valence-corrected chi connectivity index (χ4v) is 0.0417. The summed E-state index contributed by atoms with van der Waals surface area (Å²) >= 11 is 0. The van der Waals surface area contributed by atoms with Gasteiger partial charge in [-0.25, -0.2) is 16.5 Å². The monoisotopic (exact) mass is 462 g/mol. The van der Waals surface area contributed by atoms with Crippen molar-refractivity contribution >= 4 is 29.9 Å². The van der Waals surface area contributed by atoms with Gasteiger partial charge in [-0.3, -0.25) is 10.9 Å². The van der Waals surface area contributed by atoms with E-state index in [4.69, 9.17) is 39.6 Å². The zero-order chi connectivity index (χ0) is 22.0. The Hall–Kier alpha value is -2.49. The van der Waals surface area contributed by atoms with Crippen molar-refractivity contribution in [3.05, 3.63) is 0 Å². The molecule has 0 rings (SSSR count). The summed E-state index contributed by atoms with van der Waals surface area (Å²) in [4.78, 5) is 45.3. The molecule has 0 unspecified atom stereocenters. The van der Waals surface area contributed by atoms with Crippen LogP contribution in [0, 0.1) is 0 Å². The Morgan fingerprint density at radius 1 is 0.679 bits per heavy atom. The SMILES string of the molecule is CC(=O)[O-].CC(=O)[O-].CC(=O)[O-].CC(=O)[O-].CCC.NNC(=O)NN.O.[Fe+3].[NH4+]. The van der Waals surface area contributed by atoms with Crippen molar-refractivity contribution in [2.24, 2.45) is 11.7 Å². The van der Waals surface area contributed by atoms with E-state index in [9.17, 15) is 4.79 Å². The molecule has 0 aromatic heterocycles. The van der Waals surface area contributed by atoms with Crippen LogP contribution in [0.1, 0.15) is 48.0 Å². The van der Waals surface area contributed by atoms with E-state index >= 15 is 0 Å². The molecule has 0 saturated carbocycles. The van der Waals surface area contributed by atoms with Crippen LogP contribution in [0.2, 0.25) is 0 Å². The van der Waals surface area contributed by atoms with Gasteiger partial charge in [0, 0.05) is 23.9 Å². The van der Waals surface area contributed by atoms with Gasteiger partial charge in [0.1, 0.15) is 0 Å². The Morgan fingerprint density at radius 2 is 0.750 bits per heavy atom. The van der Waals surface area contributed by atoms with Crippen molar-refractivity contribution < 1.29 is 66.9 Å². The number of rotatable bonds is 0. The van der Waals surface area contributed by atoms with Gasteiger partial charge in [0.25, 0.3) is 0 Å². The molecule has 12 N–H and O–H groups in total. The first-order valence-corrected chi connectivity index (χ1v) is 6.33. The third-order valence-corrected chi connectivity index (χ3v) is 0.262. The molecule has 28 heavy (non-hydrogen) atoms. The van der Waals surface area contributed by atoms with Crippen LogP contribution in [0.4, 0.5) is 4.79 Å². The molecular formula is C12H32FeN5O10. The minimum absolute atomic E-state index is 0. The normalized spacial score (nSPS) is 5.71. The predicted octanol–water partition coefficient (Wildman–Crippen LogP) is -5.98. The fraction of sp³-hybridized carbons (Fsp3) is 0.583. The molecule has 16 heteroatoms. The van der Waals surface area contributed by atoms with E-state index in [0.29, 0.717) is 0 Å². The van der Waals surface area contributed by atoms with E-state index in [-0.39, 0.29) is 28.7 Å². The van der Waals surface area contributed by atoms with Crippen LogP contribution >= 0.6 is 0 Å². The number of nitrogens with one attached hydrogen (secondary N) is 2. The molecule has 0 aromatic rings. The van der Waals surface area contributed by atoms with Crippen LogP contribution in [0.5, 0.6) is 0 Å². The van der Waals surface area contributed by atoms with E-state index in [0.717, 1.165) is 27.7 Å². The Bertz CT molecular complexity index is 290. The fourth-order valence-electron chi connectivity index (χ4n) is 0.0417. The van der Waals surface area contributed by atoms with E-state index in [1.54, 1.807) is 10.9 Å². The van der Waals surface area contributed by atoms with E-state index in [2.05, 4.69) is 25.5 Å². The van der Waals surface area contributed by atoms with Gasteiger partial charge >= 0.3 is 23.1 Å². The number of aliphatic carboxylic acids is 4. The van der Waals surface area contributed by atoms with Crippen LogP contribution in [0.3, 0.4) is 0 Å². The zero-order valence-electron chi connectivity index (χ0n) is 16.9. The van der Waals surface area contributed by atoms with Gasteiger partial charge in [-0.2, -0.15) is 0 Å². The van der Waals surface area contributed by atoms with Crippen molar-refractivity contribution in [1.29, 1.82) is 0 Å². The number of amides is 2. The summed E-state index contributed by atoms with van der Waals surface area (Å²) in [5, 5.41) is 35.6. The molecule has 0 spiro atoms. The molecule has 0 saturated heterocycles. The second kappa shape index (κ2) is 56.3. The third kappa shape index (κ3) is 5230. The summed E-state index contributed by atoms with van der Waals surface area (Å²) in [7, 11) is 0. The molecule has 0 bridgehead atoms. The summed E-state index contributed by atoms with van der Waals surface area (Å²) in [6.45, 7) is 8.14. The van der Waals surface area contributed by atoms with Gasteiger partial charge in [-0.05, 0) is 27.7 Å². The number of carbonyl (C=O) groups excluding carboxylic acids is 5. The number of carboxylic acids is 4. The quantitative estimate of drug-likeness (QED) is 0.0975. The molecule has 0 atom stereocenters. The topological polar surface area (TPSA) is 322 Å². The molecule has 0 aliphatic rings. The smallest absolute Gasteiger partial charge is 0.550 e. The number of carboxylic acid groups (broad SMARTS) is 4. The molecule has 0 heterocycles. The summed E-state index contributed by atoms with van der Waals surface area (Å²) in [5.41, 5.74) is 3.48. The van der Waals surface area contributed by atoms with Gasteiger partial charge in [0.2, 0.25) is 0 Å². The van der Waals surface area contributed by atoms with Gasteiger partial charge in [0.05, 0.1) is 0 Å². The Kier molecular flexibility index (Phi) is 113. The molecule has 0 aliphatic heterocycles. The van der Waals surface area contributed by atoms with Gasteiger partial charge in [-0.1, -0.05) is 20.3 Å². The second-order valence-corrected chi connectivity index (χ2v) is 3.29. The third-order valence-electron chi connectivity index (χ3n) is 0.262. The average Bonchev–Trinajstić information content (AvgIpc) is 2.36. The minimum atomic E-state index is -1.08. The van der Waals surface area contributed by atoms with Crippen molar-refractivity contribution in [2.45, 2.75) is 48.0 Å². The molecule has 0 aromatic carbocycles. The number of hydrogen-bond donors (Lipinski definition) is 5. The Morgan fingerprint density at radius 3 is 0.750 bits per heavy atom. The van der Waals surface area contributed by atoms with Crippen molar-refractivity contribution in [2.75, 3.05) is 0 Å². The van der Waals surface area contributed by atoms with Gasteiger partial charge in [-0.15, -0.1) is 0 Å². The van der Waals surface area contributed by atoms with Crippen molar-refractivity contribution in [1.82, 2.24) is 17.0 Å². The number of carbonyl (C=O) groups is 5. The largest absolute Gasteiger partial charge is 3.00 e. The average molecular weight is 462 g/mol. The van der Waals surface area contributed by atoms with Crippen LogP contribution < -0.4 is 49.1 Å². The standard InChI is InChI=1S/C3H8.4C2H4O2.CH6N4O.Fe.H3N.H2O/c1-3-2;4*1-2(3)4;2-4-1(6)5-3;;;/h3H2,1-2H3;4*1H3,(H,3,4);2-3H2,(H2,4,5,6);;1H3;1H2/q;;;;;;+3;;/p-3. The molecule has 173 valence electrons. The van der Waals surface area contributed by atoms with E-state index in [1.165, 1.54) is 6.42 Å². The summed E-state index contributed by atoms with van der Waals surface area (Å²) in [6, 6.07) is -0.602. The molecule has 0 fully saturated rings. The Balaban J connectivity index is -0.0000000219. The van der Waals surface area contributed by atoms with Crippen LogP contribution in [0.25, 0.3) is 0 Å². The Labute approximate surface area is 174 Å². The zero-order valence-corrected chi connectivity index (χ0v) is 18.0. The molecule has 0 aliphatic carbocycles. The van der Waals surface area contributed by atoms with E-state index in [1.807, 2.05) is 0 Å². The first kappa shape index (κ1) is 56.2. The summed E-state index contributed by atoms with van der Waals surface area (Å²) in [5.74, 6) is 4.75. The summed E-state index contributed by atoms with van der Waals surface area (Å²) < 4.78 is 0.